The molecule has 0 aliphatic carbocycles. The first-order valence-electron chi connectivity index (χ1n) is 12.7. The molecule has 1 heterocycles. The summed E-state index contributed by atoms with van der Waals surface area (Å²) in [7, 11) is 0. The number of nitrogens with one attached hydrogen (secondary N) is 1. The van der Waals surface area contributed by atoms with E-state index in [2.05, 4.69) is 10.5 Å². The van der Waals surface area contributed by atoms with Crippen LogP contribution in [0.25, 0.3) is 0 Å². The Bertz CT molecular complexity index is 1330. The molecule has 1 aliphatic heterocycles. The van der Waals surface area contributed by atoms with Gasteiger partial charge in [-0.2, -0.15) is 5.10 Å². The summed E-state index contributed by atoms with van der Waals surface area (Å²) in [6.45, 7) is 3.66. The average molecular weight is 586 g/mol. The fourth-order valence-electron chi connectivity index (χ4n) is 4.26. The van der Waals surface area contributed by atoms with Crippen molar-refractivity contribution in [2.24, 2.45) is 5.10 Å². The average Bonchev–Trinajstić information content (AvgIpc) is 3.23. The summed E-state index contributed by atoms with van der Waals surface area (Å²) in [4.78, 5) is 53.4. The van der Waals surface area contributed by atoms with Gasteiger partial charge in [-0.05, 0) is 36.1 Å². The number of imide groups is 1. The molecule has 0 fully saturated rings. The molecular weight excluding hydrogens is 557 g/mol. The van der Waals surface area contributed by atoms with Gasteiger partial charge in [-0.3, -0.25) is 19.9 Å². The molecular formula is C30H29N3NiO6+2. The summed E-state index contributed by atoms with van der Waals surface area (Å²) in [6.07, 6.45) is 1.24. The van der Waals surface area contributed by atoms with E-state index in [9.17, 15) is 19.2 Å². The number of hydrazone groups is 1. The molecule has 0 saturated heterocycles. The second kappa shape index (κ2) is 14.2. The van der Waals surface area contributed by atoms with Gasteiger partial charge in [-0.15, -0.1) is 0 Å². The second-order valence-corrected chi connectivity index (χ2v) is 8.87. The third-order valence-electron chi connectivity index (χ3n) is 6.35. The Morgan fingerprint density at radius 3 is 1.80 bits per heavy atom. The predicted octanol–water partition coefficient (Wildman–Crippen LogP) is 4.72. The number of carbonyl (C=O) groups excluding carboxylic acids is 4. The molecule has 10 heteroatoms. The molecule has 0 saturated carbocycles. The number of fused-ring (bicyclic) bond motifs is 1. The van der Waals surface area contributed by atoms with Crippen LogP contribution in [0, 0.1) is 0 Å². The summed E-state index contributed by atoms with van der Waals surface area (Å²) in [5.41, 5.74) is 4.00. The van der Waals surface area contributed by atoms with Crippen LogP contribution in [0.1, 0.15) is 58.5 Å². The van der Waals surface area contributed by atoms with Crippen LogP contribution >= 0.6 is 0 Å². The van der Waals surface area contributed by atoms with Gasteiger partial charge in [0.2, 0.25) is 0 Å². The summed E-state index contributed by atoms with van der Waals surface area (Å²) in [5.74, 6) is -2.85. The van der Waals surface area contributed by atoms with E-state index in [0.717, 1.165) is 11.1 Å². The number of ether oxygens (including phenoxy) is 2. The van der Waals surface area contributed by atoms with E-state index >= 15 is 0 Å². The first kappa shape index (κ1) is 30.2. The van der Waals surface area contributed by atoms with Gasteiger partial charge < -0.3 is 9.47 Å². The Hall–Kier alpha value is -4.30. The Balaban J connectivity index is 0.00000441. The predicted molar refractivity (Wildman–Crippen MR) is 145 cm³/mol. The summed E-state index contributed by atoms with van der Waals surface area (Å²) in [6, 6.07) is 22.4. The van der Waals surface area contributed by atoms with Crippen LogP contribution in [0.4, 0.5) is 5.69 Å². The molecule has 0 spiro atoms. The zero-order valence-electron chi connectivity index (χ0n) is 22.1. The van der Waals surface area contributed by atoms with Crippen molar-refractivity contribution >= 4 is 35.2 Å². The van der Waals surface area contributed by atoms with Crippen molar-refractivity contribution in [2.75, 3.05) is 5.43 Å². The molecule has 40 heavy (non-hydrogen) atoms. The number of anilines is 1. The van der Waals surface area contributed by atoms with E-state index in [4.69, 9.17) is 9.47 Å². The first-order valence-corrected chi connectivity index (χ1v) is 12.7. The van der Waals surface area contributed by atoms with Crippen molar-refractivity contribution in [3.63, 3.8) is 0 Å². The summed E-state index contributed by atoms with van der Waals surface area (Å²) >= 11 is 0. The third-order valence-corrected chi connectivity index (χ3v) is 6.35. The standard InChI is InChI=1S/C30H29N3O6.Ni/c1-3-22(4-2)33-27(34)23-16-11-17-24(25(23)28(33)35)31-32-26(29(36)38-18-20-12-7-5-8-13-20)30(37)39-19-21-14-9-6-10-15-21;/h5-17,22,31H,3-4,18-19H2,1-2H3;/q;+2. The SMILES string of the molecule is CCC(CC)N1C(=O)c2cccc(NN=C(C(=O)OCc3ccccc3)C(=O)OCc3ccccc3)c2C1=O.[Ni+2]. The van der Waals surface area contributed by atoms with E-state index < -0.39 is 23.6 Å². The van der Waals surface area contributed by atoms with Crippen LogP contribution in [0.15, 0.2) is 84.0 Å². The van der Waals surface area contributed by atoms with Crippen molar-refractivity contribution < 1.29 is 45.1 Å². The number of carbonyl (C=O) groups is 4. The Kier molecular flexibility index (Phi) is 10.7. The van der Waals surface area contributed by atoms with Gasteiger partial charge in [0.15, 0.2) is 0 Å². The smallest absolute Gasteiger partial charge is 0.456 e. The van der Waals surface area contributed by atoms with Crippen LogP contribution in [0.5, 0.6) is 0 Å². The number of rotatable bonds is 11. The maximum atomic E-state index is 13.3. The van der Waals surface area contributed by atoms with Crippen molar-refractivity contribution in [1.29, 1.82) is 0 Å². The largest absolute Gasteiger partial charge is 2.00 e. The Morgan fingerprint density at radius 1 is 0.775 bits per heavy atom. The molecule has 0 atom stereocenters. The van der Waals surface area contributed by atoms with Crippen molar-refractivity contribution in [3.05, 3.63) is 101 Å². The van der Waals surface area contributed by atoms with Crippen LogP contribution < -0.4 is 5.43 Å². The van der Waals surface area contributed by atoms with Gasteiger partial charge >= 0.3 is 28.4 Å². The van der Waals surface area contributed by atoms with Crippen LogP contribution in [0.3, 0.4) is 0 Å². The normalized spacial score (nSPS) is 11.9. The zero-order chi connectivity index (χ0) is 27.8. The number of hydrogen-bond acceptors (Lipinski definition) is 8. The maximum Gasteiger partial charge on any atom is 2.00 e. The second-order valence-electron chi connectivity index (χ2n) is 8.87. The molecule has 4 rings (SSSR count). The molecule has 0 unspecified atom stereocenters. The Morgan fingerprint density at radius 2 is 1.30 bits per heavy atom. The minimum Gasteiger partial charge on any atom is -0.456 e. The molecule has 208 valence electrons. The number of hydrogen-bond donors (Lipinski definition) is 1. The molecule has 9 nitrogen and oxygen atoms in total. The third kappa shape index (κ3) is 6.82. The molecule has 3 aromatic rings. The number of nitrogens with zero attached hydrogens (tertiary/aromatic N) is 2. The van der Waals surface area contributed by atoms with Gasteiger partial charge in [-0.1, -0.05) is 80.6 Å². The topological polar surface area (TPSA) is 114 Å². The van der Waals surface area contributed by atoms with E-state index in [-0.39, 0.29) is 58.5 Å². The Labute approximate surface area is 242 Å². The number of amides is 2. The van der Waals surface area contributed by atoms with Crippen molar-refractivity contribution in [2.45, 2.75) is 45.9 Å². The molecule has 0 bridgehead atoms. The van der Waals surface area contributed by atoms with Gasteiger partial charge in [-0.25, -0.2) is 9.59 Å². The van der Waals surface area contributed by atoms with E-state index in [1.54, 1.807) is 66.7 Å². The van der Waals surface area contributed by atoms with Crippen LogP contribution in [-0.2, 0) is 48.8 Å². The molecule has 3 aromatic carbocycles. The van der Waals surface area contributed by atoms with Crippen molar-refractivity contribution in [3.8, 4) is 0 Å². The van der Waals surface area contributed by atoms with Gasteiger partial charge in [0, 0.05) is 6.04 Å². The van der Waals surface area contributed by atoms with Crippen LogP contribution in [0.2, 0.25) is 0 Å². The van der Waals surface area contributed by atoms with Gasteiger partial charge in [0.25, 0.3) is 17.5 Å². The van der Waals surface area contributed by atoms with Crippen LogP contribution in [-0.4, -0.2) is 40.4 Å². The number of benzene rings is 3. The van der Waals surface area contributed by atoms with Gasteiger partial charge in [0.1, 0.15) is 13.2 Å². The zero-order valence-corrected chi connectivity index (χ0v) is 23.1. The van der Waals surface area contributed by atoms with Gasteiger partial charge in [0.05, 0.1) is 16.8 Å². The quantitative estimate of drug-likeness (QED) is 0.0864. The minimum absolute atomic E-state index is 0. The fourth-order valence-corrected chi connectivity index (χ4v) is 4.26. The van der Waals surface area contributed by atoms with E-state index in [1.165, 1.54) is 4.90 Å². The van der Waals surface area contributed by atoms with Crippen molar-refractivity contribution in [1.82, 2.24) is 4.90 Å². The monoisotopic (exact) mass is 585 g/mol. The summed E-state index contributed by atoms with van der Waals surface area (Å²) < 4.78 is 10.6. The molecule has 0 aromatic heterocycles. The van der Waals surface area contributed by atoms with E-state index in [0.29, 0.717) is 12.8 Å². The fraction of sp³-hybridized carbons (Fsp3) is 0.233. The summed E-state index contributed by atoms with van der Waals surface area (Å²) in [5, 5.41) is 4.00. The maximum absolute atomic E-state index is 13.3. The van der Waals surface area contributed by atoms with E-state index in [1.807, 2.05) is 26.0 Å². The number of esters is 2. The molecule has 0 radical (unpaired) electrons. The molecule has 2 amide bonds. The molecule has 1 aliphatic rings. The minimum atomic E-state index is -1.00. The molecule has 1 N–H and O–H groups in total. The first-order chi connectivity index (χ1) is 18.9.